The van der Waals surface area contributed by atoms with Gasteiger partial charge in [0.1, 0.15) is 0 Å². The fourth-order valence-electron chi connectivity index (χ4n) is 2.55. The predicted octanol–water partition coefficient (Wildman–Crippen LogP) is 3.12. The molecule has 21 heavy (non-hydrogen) atoms. The van der Waals surface area contributed by atoms with E-state index in [0.29, 0.717) is 6.42 Å². The molecule has 1 aromatic carbocycles. The molecule has 0 aromatic heterocycles. The SMILES string of the molecule is CC1Nc2ccccc2CC1C(=O)NCCCC(F)(F)F. The van der Waals surface area contributed by atoms with Gasteiger partial charge in [-0.2, -0.15) is 13.2 Å². The van der Waals surface area contributed by atoms with Gasteiger partial charge in [-0.1, -0.05) is 18.2 Å². The number of anilines is 1. The first-order chi connectivity index (χ1) is 9.87. The lowest BCUT2D eigenvalue weighted by atomic mass is 9.87. The summed E-state index contributed by atoms with van der Waals surface area (Å²) in [5.74, 6) is -0.447. The Bertz CT molecular complexity index is 502. The number of benzene rings is 1. The summed E-state index contributed by atoms with van der Waals surface area (Å²) < 4.78 is 36.1. The maximum atomic E-state index is 12.1. The number of halogens is 3. The van der Waals surface area contributed by atoms with Crippen molar-refractivity contribution < 1.29 is 18.0 Å². The van der Waals surface area contributed by atoms with Crippen molar-refractivity contribution in [3.8, 4) is 0 Å². The predicted molar refractivity (Wildman–Crippen MR) is 75.0 cm³/mol. The fourth-order valence-corrected chi connectivity index (χ4v) is 2.55. The van der Waals surface area contributed by atoms with Gasteiger partial charge in [-0.15, -0.1) is 0 Å². The molecule has 1 aromatic rings. The first-order valence-corrected chi connectivity index (χ1v) is 7.06. The van der Waals surface area contributed by atoms with Gasteiger partial charge in [-0.3, -0.25) is 4.79 Å². The summed E-state index contributed by atoms with van der Waals surface area (Å²) in [6.45, 7) is 1.97. The average Bonchev–Trinajstić information content (AvgIpc) is 2.41. The number of amides is 1. The highest BCUT2D eigenvalue weighted by atomic mass is 19.4. The Balaban J connectivity index is 1.86. The standard InChI is InChI=1S/C15H19F3N2O/c1-10-12(9-11-5-2-3-6-13(11)20-10)14(21)19-8-4-7-15(16,17)18/h2-3,5-6,10,12,20H,4,7-9H2,1H3,(H,19,21). The maximum Gasteiger partial charge on any atom is 0.389 e. The molecule has 1 aliphatic heterocycles. The first-order valence-electron chi connectivity index (χ1n) is 7.06. The van der Waals surface area contributed by atoms with E-state index in [-0.39, 0.29) is 30.8 Å². The lowest BCUT2D eigenvalue weighted by molar-refractivity contribution is -0.136. The third kappa shape index (κ3) is 4.37. The molecule has 0 saturated heterocycles. The third-order valence-electron chi connectivity index (χ3n) is 3.72. The highest BCUT2D eigenvalue weighted by Gasteiger charge is 2.30. The van der Waals surface area contributed by atoms with Crippen LogP contribution < -0.4 is 10.6 Å². The van der Waals surface area contributed by atoms with Crippen LogP contribution in [0.25, 0.3) is 0 Å². The van der Waals surface area contributed by atoms with Crippen molar-refractivity contribution in [2.45, 2.75) is 38.4 Å². The van der Waals surface area contributed by atoms with E-state index in [1.54, 1.807) is 0 Å². The molecular weight excluding hydrogens is 281 g/mol. The number of fused-ring (bicyclic) bond motifs is 1. The van der Waals surface area contributed by atoms with Crippen molar-refractivity contribution in [3.05, 3.63) is 29.8 Å². The van der Waals surface area contributed by atoms with Crippen molar-refractivity contribution in [3.63, 3.8) is 0 Å². The number of rotatable bonds is 4. The summed E-state index contributed by atoms with van der Waals surface area (Å²) in [4.78, 5) is 12.1. The minimum absolute atomic E-state index is 0.0393. The van der Waals surface area contributed by atoms with E-state index in [0.717, 1.165) is 11.3 Å². The Morgan fingerprint density at radius 1 is 1.38 bits per heavy atom. The van der Waals surface area contributed by atoms with E-state index in [2.05, 4.69) is 10.6 Å². The summed E-state index contributed by atoms with van der Waals surface area (Å²) in [5, 5.41) is 5.87. The number of carbonyl (C=O) groups excluding carboxylic acids is 1. The van der Waals surface area contributed by atoms with Crippen LogP contribution in [0.1, 0.15) is 25.3 Å². The van der Waals surface area contributed by atoms with Gasteiger partial charge in [0, 0.05) is 24.7 Å². The highest BCUT2D eigenvalue weighted by molar-refractivity contribution is 5.81. The lowest BCUT2D eigenvalue weighted by Gasteiger charge is -2.31. The summed E-state index contributed by atoms with van der Waals surface area (Å²) in [7, 11) is 0. The van der Waals surface area contributed by atoms with Crippen LogP contribution in [-0.2, 0) is 11.2 Å². The minimum atomic E-state index is -4.16. The molecule has 116 valence electrons. The van der Waals surface area contributed by atoms with Gasteiger partial charge in [-0.05, 0) is 31.4 Å². The fraction of sp³-hybridized carbons (Fsp3) is 0.533. The normalized spacial score (nSPS) is 21.3. The second-order valence-corrected chi connectivity index (χ2v) is 5.41. The Hall–Kier alpha value is -1.72. The topological polar surface area (TPSA) is 41.1 Å². The minimum Gasteiger partial charge on any atom is -0.382 e. The molecule has 1 aliphatic rings. The largest absolute Gasteiger partial charge is 0.389 e. The van der Waals surface area contributed by atoms with Gasteiger partial charge < -0.3 is 10.6 Å². The Morgan fingerprint density at radius 2 is 2.10 bits per heavy atom. The van der Waals surface area contributed by atoms with Gasteiger partial charge in [0.05, 0.1) is 5.92 Å². The van der Waals surface area contributed by atoms with Crippen LogP contribution >= 0.6 is 0 Å². The number of hydrogen-bond donors (Lipinski definition) is 2. The van der Waals surface area contributed by atoms with Gasteiger partial charge in [0.2, 0.25) is 5.91 Å². The molecular formula is C15H19F3N2O. The Kier molecular flexibility index (Phi) is 4.75. The van der Waals surface area contributed by atoms with Gasteiger partial charge in [0.15, 0.2) is 0 Å². The van der Waals surface area contributed by atoms with Crippen LogP contribution in [0.15, 0.2) is 24.3 Å². The highest BCUT2D eigenvalue weighted by Crippen LogP contribution is 2.28. The zero-order chi connectivity index (χ0) is 15.5. The summed E-state index contributed by atoms with van der Waals surface area (Å²) in [6.07, 6.45) is -4.51. The quantitative estimate of drug-likeness (QED) is 0.839. The molecule has 2 N–H and O–H groups in total. The Morgan fingerprint density at radius 3 is 2.81 bits per heavy atom. The number of carbonyl (C=O) groups is 1. The molecule has 0 fully saturated rings. The number of nitrogens with one attached hydrogen (secondary N) is 2. The van der Waals surface area contributed by atoms with Crippen LogP contribution in [0.4, 0.5) is 18.9 Å². The van der Waals surface area contributed by atoms with E-state index in [1.165, 1.54) is 0 Å². The van der Waals surface area contributed by atoms with Gasteiger partial charge in [-0.25, -0.2) is 0 Å². The molecule has 1 heterocycles. The molecule has 2 unspecified atom stereocenters. The zero-order valence-corrected chi connectivity index (χ0v) is 11.8. The molecule has 3 nitrogen and oxygen atoms in total. The molecule has 2 atom stereocenters. The van der Waals surface area contributed by atoms with E-state index in [9.17, 15) is 18.0 Å². The van der Waals surface area contributed by atoms with Crippen molar-refractivity contribution in [2.24, 2.45) is 5.92 Å². The van der Waals surface area contributed by atoms with Crippen LogP contribution in [-0.4, -0.2) is 24.7 Å². The Labute approximate surface area is 121 Å². The second-order valence-electron chi connectivity index (χ2n) is 5.41. The smallest absolute Gasteiger partial charge is 0.382 e. The lowest BCUT2D eigenvalue weighted by Crippen LogP contribution is -2.43. The molecule has 2 rings (SSSR count). The molecule has 0 spiro atoms. The summed E-state index contributed by atoms with van der Waals surface area (Å²) in [6, 6.07) is 7.72. The van der Waals surface area contributed by atoms with Crippen molar-refractivity contribution in [2.75, 3.05) is 11.9 Å². The average molecular weight is 300 g/mol. The van der Waals surface area contributed by atoms with Crippen molar-refractivity contribution in [1.29, 1.82) is 0 Å². The summed E-state index contributed by atoms with van der Waals surface area (Å²) >= 11 is 0. The van der Waals surface area contributed by atoms with Crippen LogP contribution in [0.5, 0.6) is 0 Å². The van der Waals surface area contributed by atoms with E-state index in [1.807, 2.05) is 31.2 Å². The zero-order valence-electron chi connectivity index (χ0n) is 11.8. The molecule has 1 amide bonds. The van der Waals surface area contributed by atoms with E-state index in [4.69, 9.17) is 0 Å². The molecule has 0 bridgehead atoms. The number of hydrogen-bond acceptors (Lipinski definition) is 2. The molecule has 0 aliphatic carbocycles. The number of para-hydroxylation sites is 1. The van der Waals surface area contributed by atoms with Crippen molar-refractivity contribution in [1.82, 2.24) is 5.32 Å². The molecule has 0 saturated carbocycles. The third-order valence-corrected chi connectivity index (χ3v) is 3.72. The van der Waals surface area contributed by atoms with Gasteiger partial charge >= 0.3 is 6.18 Å². The molecule has 6 heteroatoms. The van der Waals surface area contributed by atoms with Crippen LogP contribution in [0.2, 0.25) is 0 Å². The second kappa shape index (κ2) is 6.37. The summed E-state index contributed by atoms with van der Waals surface area (Å²) in [5.41, 5.74) is 2.08. The first kappa shape index (κ1) is 15.7. The van der Waals surface area contributed by atoms with Crippen molar-refractivity contribution >= 4 is 11.6 Å². The van der Waals surface area contributed by atoms with E-state index >= 15 is 0 Å². The monoisotopic (exact) mass is 300 g/mol. The number of alkyl halides is 3. The van der Waals surface area contributed by atoms with Crippen LogP contribution in [0, 0.1) is 5.92 Å². The van der Waals surface area contributed by atoms with E-state index < -0.39 is 12.6 Å². The van der Waals surface area contributed by atoms with Crippen LogP contribution in [0.3, 0.4) is 0 Å². The van der Waals surface area contributed by atoms with Gasteiger partial charge in [0.25, 0.3) is 0 Å². The molecule has 0 radical (unpaired) electrons. The maximum absolute atomic E-state index is 12.1.